The lowest BCUT2D eigenvalue weighted by Crippen LogP contribution is -2.13. The van der Waals surface area contributed by atoms with Crippen molar-refractivity contribution in [3.63, 3.8) is 0 Å². The van der Waals surface area contributed by atoms with Gasteiger partial charge < -0.3 is 11.5 Å². The topological polar surface area (TPSA) is 52.0 Å². The van der Waals surface area contributed by atoms with Gasteiger partial charge in [-0.25, -0.2) is 0 Å². The summed E-state index contributed by atoms with van der Waals surface area (Å²) < 4.78 is 1.90. The molecule has 4 N–H and O–H groups in total. The van der Waals surface area contributed by atoms with Crippen LogP contribution in [0, 0.1) is 5.92 Å². The largest absolute Gasteiger partial charge is 0.398 e. The first kappa shape index (κ1) is 14.0. The molecule has 90 valence electrons. The Kier molecular flexibility index (Phi) is 5.28. The zero-order chi connectivity index (χ0) is 12.3. The van der Waals surface area contributed by atoms with E-state index in [0.29, 0.717) is 5.92 Å². The van der Waals surface area contributed by atoms with Gasteiger partial charge in [-0.15, -0.1) is 0 Å². The smallest absolute Gasteiger partial charge is 0.0507 e. The second kappa shape index (κ2) is 6.03. The third kappa shape index (κ3) is 3.75. The quantitative estimate of drug-likeness (QED) is 0.799. The minimum absolute atomic E-state index is 0.0104. The Bertz CT molecular complexity index is 364. The van der Waals surface area contributed by atoms with Gasteiger partial charge in [0.25, 0.3) is 0 Å². The van der Waals surface area contributed by atoms with E-state index in [0.717, 1.165) is 33.0 Å². The molecule has 1 aromatic carbocycles. The molecule has 16 heavy (non-hydrogen) atoms. The predicted octanol–water partition coefficient (Wildman–Crippen LogP) is 4.23. The van der Waals surface area contributed by atoms with E-state index in [4.69, 9.17) is 11.5 Å². The van der Waals surface area contributed by atoms with Crippen molar-refractivity contribution in [1.82, 2.24) is 0 Å². The third-order valence-corrected chi connectivity index (χ3v) is 3.69. The molecule has 1 aromatic rings. The molecule has 0 radical (unpaired) electrons. The van der Waals surface area contributed by atoms with Crippen LogP contribution in [0.5, 0.6) is 0 Å². The molecule has 0 aliphatic heterocycles. The van der Waals surface area contributed by atoms with Gasteiger partial charge in [0.2, 0.25) is 0 Å². The molecule has 0 spiro atoms. The number of benzene rings is 1. The van der Waals surface area contributed by atoms with Crippen molar-refractivity contribution in [1.29, 1.82) is 0 Å². The average molecular weight is 350 g/mol. The molecule has 1 atom stereocenters. The molecule has 0 saturated carbocycles. The molecule has 1 rings (SSSR count). The molecule has 2 nitrogen and oxygen atoms in total. The van der Waals surface area contributed by atoms with Crippen molar-refractivity contribution < 1.29 is 0 Å². The molecule has 0 unspecified atom stereocenters. The SMILES string of the molecule is CC(C)CC[C@@H](N)c1cc(Br)cc(Br)c1N. The fraction of sp³-hybridized carbons (Fsp3) is 0.500. The highest BCUT2D eigenvalue weighted by Gasteiger charge is 2.13. The Morgan fingerprint density at radius 3 is 2.38 bits per heavy atom. The first-order valence-corrected chi connectivity index (χ1v) is 7.00. The molecule has 0 aliphatic rings. The van der Waals surface area contributed by atoms with Crippen molar-refractivity contribution in [2.24, 2.45) is 11.7 Å². The van der Waals surface area contributed by atoms with Crippen molar-refractivity contribution in [3.05, 3.63) is 26.6 Å². The van der Waals surface area contributed by atoms with Crippen molar-refractivity contribution in [2.45, 2.75) is 32.7 Å². The summed E-state index contributed by atoms with van der Waals surface area (Å²) in [6, 6.07) is 3.95. The summed E-state index contributed by atoms with van der Waals surface area (Å²) in [7, 11) is 0. The van der Waals surface area contributed by atoms with Crippen LogP contribution in [0.4, 0.5) is 5.69 Å². The van der Waals surface area contributed by atoms with Gasteiger partial charge in [-0.3, -0.25) is 0 Å². The maximum atomic E-state index is 6.16. The van der Waals surface area contributed by atoms with E-state index in [1.165, 1.54) is 0 Å². The van der Waals surface area contributed by atoms with E-state index in [1.807, 2.05) is 12.1 Å². The average Bonchev–Trinajstić information content (AvgIpc) is 2.19. The van der Waals surface area contributed by atoms with Crippen LogP contribution in [0.2, 0.25) is 0 Å². The Morgan fingerprint density at radius 1 is 1.19 bits per heavy atom. The van der Waals surface area contributed by atoms with E-state index in [-0.39, 0.29) is 6.04 Å². The molecule has 0 saturated heterocycles. The monoisotopic (exact) mass is 348 g/mol. The number of halogens is 2. The van der Waals surface area contributed by atoms with Gasteiger partial charge in [0, 0.05) is 15.0 Å². The van der Waals surface area contributed by atoms with Crippen LogP contribution in [-0.4, -0.2) is 0 Å². The fourth-order valence-electron chi connectivity index (χ4n) is 1.58. The first-order chi connectivity index (χ1) is 7.41. The molecule has 0 heterocycles. The summed E-state index contributed by atoms with van der Waals surface area (Å²) in [5.41, 5.74) is 13.9. The maximum absolute atomic E-state index is 6.16. The van der Waals surface area contributed by atoms with E-state index in [9.17, 15) is 0 Å². The lowest BCUT2D eigenvalue weighted by atomic mass is 9.97. The fourth-order valence-corrected chi connectivity index (χ4v) is 2.84. The van der Waals surface area contributed by atoms with Gasteiger partial charge in [-0.2, -0.15) is 0 Å². The Labute approximate surface area is 114 Å². The minimum Gasteiger partial charge on any atom is -0.398 e. The Morgan fingerprint density at radius 2 is 1.81 bits per heavy atom. The van der Waals surface area contributed by atoms with Gasteiger partial charge in [-0.1, -0.05) is 29.8 Å². The molecule has 0 fully saturated rings. The lowest BCUT2D eigenvalue weighted by Gasteiger charge is -2.17. The van der Waals surface area contributed by atoms with Crippen molar-refractivity contribution in [2.75, 3.05) is 5.73 Å². The van der Waals surface area contributed by atoms with Crippen LogP contribution in [-0.2, 0) is 0 Å². The highest BCUT2D eigenvalue weighted by Crippen LogP contribution is 2.33. The van der Waals surface area contributed by atoms with E-state index >= 15 is 0 Å². The standard InChI is InChI=1S/C12H18Br2N2/c1-7(2)3-4-11(15)9-5-8(13)6-10(14)12(9)16/h5-7,11H,3-4,15-16H2,1-2H3/t11-/m1/s1. The van der Waals surface area contributed by atoms with E-state index < -0.39 is 0 Å². The molecular formula is C12H18Br2N2. The van der Waals surface area contributed by atoms with Crippen LogP contribution in [0.25, 0.3) is 0 Å². The van der Waals surface area contributed by atoms with Crippen LogP contribution < -0.4 is 11.5 Å². The number of anilines is 1. The molecule has 0 amide bonds. The van der Waals surface area contributed by atoms with Gasteiger partial charge >= 0.3 is 0 Å². The zero-order valence-electron chi connectivity index (χ0n) is 9.63. The van der Waals surface area contributed by atoms with Gasteiger partial charge in [0.15, 0.2) is 0 Å². The second-order valence-corrected chi connectivity index (χ2v) is 6.24. The maximum Gasteiger partial charge on any atom is 0.0507 e. The number of hydrogen-bond donors (Lipinski definition) is 2. The van der Waals surface area contributed by atoms with E-state index in [1.54, 1.807) is 0 Å². The molecule has 0 bridgehead atoms. The summed E-state index contributed by atoms with van der Waals surface area (Å²) in [5.74, 6) is 0.669. The summed E-state index contributed by atoms with van der Waals surface area (Å²) >= 11 is 6.89. The van der Waals surface area contributed by atoms with Crippen molar-refractivity contribution >= 4 is 37.5 Å². The van der Waals surface area contributed by atoms with Gasteiger partial charge in [-0.05, 0) is 52.4 Å². The predicted molar refractivity (Wildman–Crippen MR) is 77.3 cm³/mol. The molecule has 0 aromatic heterocycles. The molecular weight excluding hydrogens is 332 g/mol. The summed E-state index contributed by atoms with van der Waals surface area (Å²) in [6.07, 6.45) is 2.08. The van der Waals surface area contributed by atoms with Crippen LogP contribution >= 0.6 is 31.9 Å². The van der Waals surface area contributed by atoms with Crippen LogP contribution in [0.1, 0.15) is 38.3 Å². The van der Waals surface area contributed by atoms with Crippen LogP contribution in [0.15, 0.2) is 21.1 Å². The Hall–Kier alpha value is -0.0600. The lowest BCUT2D eigenvalue weighted by molar-refractivity contribution is 0.507. The summed E-state index contributed by atoms with van der Waals surface area (Å²) in [4.78, 5) is 0. The second-order valence-electron chi connectivity index (χ2n) is 4.47. The van der Waals surface area contributed by atoms with Gasteiger partial charge in [0.1, 0.15) is 0 Å². The number of nitrogens with two attached hydrogens (primary N) is 2. The highest BCUT2D eigenvalue weighted by molar-refractivity contribution is 9.11. The molecule has 4 heteroatoms. The normalized spacial score (nSPS) is 13.1. The Balaban J connectivity index is 2.86. The van der Waals surface area contributed by atoms with Gasteiger partial charge in [0.05, 0.1) is 5.69 Å². The summed E-state index contributed by atoms with van der Waals surface area (Å²) in [6.45, 7) is 4.40. The zero-order valence-corrected chi connectivity index (χ0v) is 12.8. The number of rotatable bonds is 4. The van der Waals surface area contributed by atoms with E-state index in [2.05, 4.69) is 45.7 Å². The first-order valence-electron chi connectivity index (χ1n) is 5.41. The number of nitrogen functional groups attached to an aromatic ring is 1. The minimum atomic E-state index is 0.0104. The van der Waals surface area contributed by atoms with Crippen LogP contribution in [0.3, 0.4) is 0 Å². The van der Waals surface area contributed by atoms with Crippen molar-refractivity contribution in [3.8, 4) is 0 Å². The molecule has 0 aliphatic carbocycles. The summed E-state index contributed by atoms with van der Waals surface area (Å²) in [5, 5.41) is 0. The highest BCUT2D eigenvalue weighted by atomic mass is 79.9. The third-order valence-electron chi connectivity index (χ3n) is 2.58. The number of hydrogen-bond acceptors (Lipinski definition) is 2.